The Morgan fingerprint density at radius 2 is 2.33 bits per heavy atom. The number of anilines is 1. The lowest BCUT2D eigenvalue weighted by Crippen LogP contribution is -2.27. The lowest BCUT2D eigenvalue weighted by Gasteiger charge is -2.18. The average molecular weight is 263 g/mol. The van der Waals surface area contributed by atoms with Crippen LogP contribution in [0.2, 0.25) is 0 Å². The Balaban J connectivity index is 2.58. The van der Waals surface area contributed by atoms with Gasteiger partial charge in [-0.15, -0.1) is 0 Å². The van der Waals surface area contributed by atoms with E-state index in [2.05, 4.69) is 22.1 Å². The molecule has 0 aliphatic carbocycles. The second kappa shape index (κ2) is 6.04. The van der Waals surface area contributed by atoms with E-state index in [1.165, 1.54) is 11.3 Å². The molecule has 1 aromatic heterocycles. The van der Waals surface area contributed by atoms with E-state index in [4.69, 9.17) is 10.00 Å². The second-order valence-corrected chi connectivity index (χ2v) is 5.32. The van der Waals surface area contributed by atoms with Gasteiger partial charge in [-0.1, -0.05) is 23.2 Å². The van der Waals surface area contributed by atoms with E-state index in [0.29, 0.717) is 10.0 Å². The molecule has 0 spiro atoms. The highest BCUT2D eigenvalue weighted by molar-refractivity contribution is 7.16. The predicted molar refractivity (Wildman–Crippen MR) is 69.1 cm³/mol. The summed E-state index contributed by atoms with van der Waals surface area (Å²) in [5.41, 5.74) is -0.545. The maximum atomic E-state index is 11.5. The fourth-order valence-corrected chi connectivity index (χ4v) is 1.63. The number of thiazole rings is 1. The van der Waals surface area contributed by atoms with Gasteiger partial charge in [0.2, 0.25) is 0 Å². The van der Waals surface area contributed by atoms with Gasteiger partial charge >= 0.3 is 6.09 Å². The van der Waals surface area contributed by atoms with E-state index in [0.717, 1.165) is 0 Å². The van der Waals surface area contributed by atoms with Gasteiger partial charge in [0.1, 0.15) is 5.60 Å². The highest BCUT2D eigenvalue weighted by Gasteiger charge is 2.16. The zero-order valence-electron chi connectivity index (χ0n) is 10.4. The van der Waals surface area contributed by atoms with Gasteiger partial charge in [-0.05, 0) is 20.8 Å². The van der Waals surface area contributed by atoms with Crippen molar-refractivity contribution in [3.63, 3.8) is 0 Å². The van der Waals surface area contributed by atoms with Crippen molar-refractivity contribution in [3.05, 3.63) is 11.1 Å². The second-order valence-electron chi connectivity index (χ2n) is 4.29. The van der Waals surface area contributed by atoms with Crippen LogP contribution in [0.3, 0.4) is 0 Å². The van der Waals surface area contributed by atoms with E-state index in [1.807, 2.05) is 6.07 Å². The molecule has 0 fully saturated rings. The number of nitrogens with zero attached hydrogens (tertiary/aromatic N) is 2. The van der Waals surface area contributed by atoms with Crippen LogP contribution in [0.25, 0.3) is 0 Å². The Kier molecular flexibility index (Phi) is 4.70. The summed E-state index contributed by atoms with van der Waals surface area (Å²) in [5, 5.41) is 11.3. The first-order valence-corrected chi connectivity index (χ1v) is 6.04. The Labute approximate surface area is 110 Å². The highest BCUT2D eigenvalue weighted by atomic mass is 32.1. The molecule has 6 heteroatoms. The largest absolute Gasteiger partial charge is 0.444 e. The number of carbonyl (C=O) groups excluding carboxylic acids is 1. The lowest BCUT2D eigenvalue weighted by molar-refractivity contribution is 0.0636. The minimum Gasteiger partial charge on any atom is -0.444 e. The molecule has 0 saturated carbocycles. The number of amides is 1. The minimum atomic E-state index is -0.548. The number of nitriles is 1. The molecule has 0 unspecified atom stereocenters. The molecule has 0 radical (unpaired) electrons. The third kappa shape index (κ3) is 5.33. The SMILES string of the molecule is CC(C)(C)OC(=O)Nc1ncc(C#CCC#N)s1. The van der Waals surface area contributed by atoms with Crippen molar-refractivity contribution >= 4 is 22.6 Å². The number of hydrogen-bond donors (Lipinski definition) is 1. The minimum absolute atomic E-state index is 0.173. The van der Waals surface area contributed by atoms with Gasteiger partial charge in [0.15, 0.2) is 5.13 Å². The number of rotatable bonds is 1. The molecule has 18 heavy (non-hydrogen) atoms. The van der Waals surface area contributed by atoms with Crippen LogP contribution in [0.5, 0.6) is 0 Å². The first kappa shape index (κ1) is 14.0. The molecule has 1 amide bonds. The van der Waals surface area contributed by atoms with Crippen molar-refractivity contribution in [1.29, 1.82) is 5.26 Å². The first-order chi connectivity index (χ1) is 8.40. The third-order valence-corrected chi connectivity index (χ3v) is 2.32. The van der Waals surface area contributed by atoms with Crippen molar-refractivity contribution in [3.8, 4) is 17.9 Å². The zero-order valence-corrected chi connectivity index (χ0v) is 11.2. The smallest absolute Gasteiger partial charge is 0.413 e. The van der Waals surface area contributed by atoms with Gasteiger partial charge in [-0.25, -0.2) is 9.78 Å². The zero-order chi connectivity index (χ0) is 13.6. The van der Waals surface area contributed by atoms with E-state index >= 15 is 0 Å². The van der Waals surface area contributed by atoms with Crippen molar-refractivity contribution in [1.82, 2.24) is 4.98 Å². The molecule has 1 heterocycles. The summed E-state index contributed by atoms with van der Waals surface area (Å²) in [6.07, 6.45) is 1.17. The molecular weight excluding hydrogens is 250 g/mol. The third-order valence-electron chi connectivity index (χ3n) is 1.49. The molecule has 1 N–H and O–H groups in total. The van der Waals surface area contributed by atoms with Gasteiger partial charge in [0.05, 0.1) is 23.6 Å². The maximum absolute atomic E-state index is 11.5. The van der Waals surface area contributed by atoms with Crippen molar-refractivity contribution < 1.29 is 9.53 Å². The molecule has 1 rings (SSSR count). The fraction of sp³-hybridized carbons (Fsp3) is 0.417. The molecule has 1 aromatic rings. The van der Waals surface area contributed by atoms with Crippen LogP contribution in [0.4, 0.5) is 9.93 Å². The van der Waals surface area contributed by atoms with Crippen LogP contribution >= 0.6 is 11.3 Å². The van der Waals surface area contributed by atoms with Gasteiger partial charge < -0.3 is 4.74 Å². The number of hydrogen-bond acceptors (Lipinski definition) is 5. The topological polar surface area (TPSA) is 75.0 Å². The Bertz CT molecular complexity index is 526. The number of carbonyl (C=O) groups is 1. The fourth-order valence-electron chi connectivity index (χ4n) is 0.951. The maximum Gasteiger partial charge on any atom is 0.413 e. The summed E-state index contributed by atoms with van der Waals surface area (Å²) in [6, 6.07) is 1.92. The van der Waals surface area contributed by atoms with Crippen LogP contribution in [-0.4, -0.2) is 16.7 Å². The summed E-state index contributed by atoms with van der Waals surface area (Å²) < 4.78 is 5.09. The molecule has 0 aromatic carbocycles. The van der Waals surface area contributed by atoms with E-state index < -0.39 is 11.7 Å². The monoisotopic (exact) mass is 263 g/mol. The van der Waals surface area contributed by atoms with E-state index in [1.54, 1.807) is 27.0 Å². The molecule has 0 bridgehead atoms. The summed E-state index contributed by atoms with van der Waals surface area (Å²) in [4.78, 5) is 16.1. The van der Waals surface area contributed by atoms with Gasteiger partial charge in [-0.2, -0.15) is 5.26 Å². The first-order valence-electron chi connectivity index (χ1n) is 5.22. The van der Waals surface area contributed by atoms with Crippen LogP contribution in [-0.2, 0) is 4.74 Å². The Hall–Kier alpha value is -2.05. The number of nitrogens with one attached hydrogen (secondary N) is 1. The van der Waals surface area contributed by atoms with Crippen molar-refractivity contribution in [2.24, 2.45) is 0 Å². The molecule has 0 saturated heterocycles. The number of ether oxygens (including phenoxy) is 1. The molecule has 5 nitrogen and oxygen atoms in total. The van der Waals surface area contributed by atoms with Crippen molar-refractivity contribution in [2.45, 2.75) is 32.8 Å². The van der Waals surface area contributed by atoms with Crippen LogP contribution < -0.4 is 5.32 Å². The van der Waals surface area contributed by atoms with Gasteiger partial charge in [-0.3, -0.25) is 5.32 Å². The standard InChI is InChI=1S/C12H13N3O2S/c1-12(2,3)17-11(16)15-10-14-8-9(18-10)6-4-5-7-13/h8H,5H2,1-3H3,(H,14,15,16). The molecule has 94 valence electrons. The molecule has 0 aliphatic rings. The summed E-state index contributed by atoms with van der Waals surface area (Å²) in [5.74, 6) is 5.45. The quantitative estimate of drug-likeness (QED) is 0.790. The highest BCUT2D eigenvalue weighted by Crippen LogP contribution is 2.18. The normalized spacial score (nSPS) is 9.89. The van der Waals surface area contributed by atoms with Crippen LogP contribution in [0.1, 0.15) is 32.1 Å². The number of aromatic nitrogens is 1. The van der Waals surface area contributed by atoms with Crippen molar-refractivity contribution in [2.75, 3.05) is 5.32 Å². The Morgan fingerprint density at radius 1 is 1.61 bits per heavy atom. The average Bonchev–Trinajstić information content (AvgIpc) is 2.63. The van der Waals surface area contributed by atoms with Gasteiger partial charge in [0, 0.05) is 0 Å². The van der Waals surface area contributed by atoms with E-state index in [9.17, 15) is 4.79 Å². The van der Waals surface area contributed by atoms with Crippen LogP contribution in [0, 0.1) is 23.2 Å². The van der Waals surface area contributed by atoms with Crippen LogP contribution in [0.15, 0.2) is 6.20 Å². The van der Waals surface area contributed by atoms with E-state index in [-0.39, 0.29) is 6.42 Å². The molecular formula is C12H13N3O2S. The summed E-state index contributed by atoms with van der Waals surface area (Å²) in [7, 11) is 0. The molecule has 0 aliphatic heterocycles. The summed E-state index contributed by atoms with van der Waals surface area (Å²) >= 11 is 1.23. The molecule has 0 atom stereocenters. The lowest BCUT2D eigenvalue weighted by atomic mass is 10.2. The predicted octanol–water partition coefficient (Wildman–Crippen LogP) is 2.76. The van der Waals surface area contributed by atoms with Gasteiger partial charge in [0.25, 0.3) is 0 Å². The summed E-state index contributed by atoms with van der Waals surface area (Å²) in [6.45, 7) is 5.35. The Morgan fingerprint density at radius 3 is 2.94 bits per heavy atom.